The summed E-state index contributed by atoms with van der Waals surface area (Å²) in [5.41, 5.74) is 3.14. The average Bonchev–Trinajstić information content (AvgIpc) is 2.79. The summed E-state index contributed by atoms with van der Waals surface area (Å²) >= 11 is 0. The molecule has 3 aromatic rings. The summed E-state index contributed by atoms with van der Waals surface area (Å²) in [5, 5.41) is 14.4. The Labute approximate surface area is 178 Å². The predicted molar refractivity (Wildman–Crippen MR) is 115 cm³/mol. The van der Waals surface area contributed by atoms with Crippen LogP contribution in [-0.2, 0) is 4.79 Å². The van der Waals surface area contributed by atoms with Crippen molar-refractivity contribution in [3.63, 3.8) is 0 Å². The molecule has 2 heterocycles. The number of carbonyl (C=O) groups is 2. The molecule has 2 aliphatic heterocycles. The molecule has 150 valence electrons. The lowest BCUT2D eigenvalue weighted by Gasteiger charge is -2.41. The molecule has 1 atom stereocenters. The first kappa shape index (κ1) is 18.5. The molecular formula is C24H16N4O3. The standard InChI is InChI=1S/C24H16N4O3/c25-14-15-6-7-16-13-20-22(26-24(30)27-23(20)29)28(21(16)12-15)17-8-10-19(11-9-17)31-18-4-2-1-3-5-18/h1-13,22H,(H2,26,27,29,30). The number of hydrogen-bond donors (Lipinski definition) is 2. The van der Waals surface area contributed by atoms with Gasteiger partial charge < -0.3 is 15.0 Å². The molecule has 31 heavy (non-hydrogen) atoms. The Morgan fingerprint density at radius 2 is 1.68 bits per heavy atom. The van der Waals surface area contributed by atoms with Gasteiger partial charge in [-0.15, -0.1) is 0 Å². The van der Waals surface area contributed by atoms with Gasteiger partial charge in [-0.25, -0.2) is 4.79 Å². The van der Waals surface area contributed by atoms with E-state index in [4.69, 9.17) is 4.74 Å². The van der Waals surface area contributed by atoms with E-state index in [1.807, 2.05) is 59.5 Å². The minimum absolute atomic E-state index is 0.418. The first-order valence-corrected chi connectivity index (χ1v) is 9.62. The van der Waals surface area contributed by atoms with Crippen molar-refractivity contribution in [2.75, 3.05) is 4.90 Å². The van der Waals surface area contributed by atoms with Crippen molar-refractivity contribution in [1.29, 1.82) is 5.26 Å². The van der Waals surface area contributed by atoms with Gasteiger partial charge in [0.05, 0.1) is 22.9 Å². The monoisotopic (exact) mass is 408 g/mol. The van der Waals surface area contributed by atoms with Gasteiger partial charge in [0.15, 0.2) is 0 Å². The third-order valence-corrected chi connectivity index (χ3v) is 5.13. The van der Waals surface area contributed by atoms with E-state index >= 15 is 0 Å². The van der Waals surface area contributed by atoms with Crippen LogP contribution in [0.1, 0.15) is 11.1 Å². The third-order valence-electron chi connectivity index (χ3n) is 5.13. The second-order valence-corrected chi connectivity index (χ2v) is 7.09. The lowest BCUT2D eigenvalue weighted by atomic mass is 9.96. The molecule has 0 aliphatic carbocycles. The van der Waals surface area contributed by atoms with E-state index in [0.717, 1.165) is 22.7 Å². The van der Waals surface area contributed by atoms with Crippen molar-refractivity contribution in [1.82, 2.24) is 10.6 Å². The van der Waals surface area contributed by atoms with Crippen LogP contribution in [0.3, 0.4) is 0 Å². The lowest BCUT2D eigenvalue weighted by Crippen LogP contribution is -2.60. The van der Waals surface area contributed by atoms with Crippen molar-refractivity contribution in [2.24, 2.45) is 0 Å². The van der Waals surface area contributed by atoms with Crippen LogP contribution >= 0.6 is 0 Å². The zero-order valence-corrected chi connectivity index (χ0v) is 16.2. The minimum atomic E-state index is -0.691. The van der Waals surface area contributed by atoms with Crippen molar-refractivity contribution in [3.8, 4) is 17.6 Å². The van der Waals surface area contributed by atoms with E-state index in [0.29, 0.717) is 16.9 Å². The largest absolute Gasteiger partial charge is 0.457 e. The second kappa shape index (κ2) is 7.35. The molecule has 3 amide bonds. The number of carbonyl (C=O) groups excluding carboxylic acids is 2. The Morgan fingerprint density at radius 1 is 0.935 bits per heavy atom. The SMILES string of the molecule is N#Cc1ccc2c(c1)N(c1ccc(Oc3ccccc3)cc1)C1NC(=O)NC(=O)C1=C2. The van der Waals surface area contributed by atoms with Crippen LogP contribution in [0.25, 0.3) is 6.08 Å². The molecule has 0 saturated carbocycles. The number of nitrogens with one attached hydrogen (secondary N) is 2. The molecule has 1 unspecified atom stereocenters. The van der Waals surface area contributed by atoms with Gasteiger partial charge in [0.1, 0.15) is 17.7 Å². The van der Waals surface area contributed by atoms with Crippen LogP contribution in [0.2, 0.25) is 0 Å². The summed E-state index contributed by atoms with van der Waals surface area (Å²) in [6.45, 7) is 0. The Kier molecular flexibility index (Phi) is 4.38. The van der Waals surface area contributed by atoms with E-state index in [1.54, 1.807) is 24.3 Å². The van der Waals surface area contributed by atoms with E-state index in [1.165, 1.54) is 0 Å². The number of urea groups is 1. The van der Waals surface area contributed by atoms with Crippen LogP contribution in [-0.4, -0.2) is 18.1 Å². The fourth-order valence-corrected chi connectivity index (χ4v) is 3.72. The van der Waals surface area contributed by atoms with E-state index < -0.39 is 18.1 Å². The fraction of sp³-hybridized carbons (Fsp3) is 0.0417. The van der Waals surface area contributed by atoms with Crippen molar-refractivity contribution < 1.29 is 14.3 Å². The third kappa shape index (κ3) is 3.36. The summed E-state index contributed by atoms with van der Waals surface area (Å²) in [7, 11) is 0. The highest BCUT2D eigenvalue weighted by Gasteiger charge is 2.38. The average molecular weight is 408 g/mol. The van der Waals surface area contributed by atoms with Gasteiger partial charge in [0.25, 0.3) is 5.91 Å². The fourth-order valence-electron chi connectivity index (χ4n) is 3.72. The smallest absolute Gasteiger partial charge is 0.323 e. The molecule has 5 rings (SSSR count). The number of ether oxygens (including phenoxy) is 1. The Morgan fingerprint density at radius 3 is 2.42 bits per heavy atom. The zero-order valence-electron chi connectivity index (χ0n) is 16.2. The van der Waals surface area contributed by atoms with Gasteiger partial charge in [0.2, 0.25) is 0 Å². The number of para-hydroxylation sites is 1. The first-order valence-electron chi connectivity index (χ1n) is 9.62. The quantitative estimate of drug-likeness (QED) is 0.682. The molecule has 1 saturated heterocycles. The van der Waals surface area contributed by atoms with E-state index in [-0.39, 0.29) is 0 Å². The van der Waals surface area contributed by atoms with Crippen LogP contribution in [0.5, 0.6) is 11.5 Å². The van der Waals surface area contributed by atoms with Gasteiger partial charge in [-0.05, 0) is 60.2 Å². The molecule has 0 radical (unpaired) electrons. The van der Waals surface area contributed by atoms with Crippen LogP contribution < -0.4 is 20.3 Å². The van der Waals surface area contributed by atoms with Gasteiger partial charge >= 0.3 is 6.03 Å². The van der Waals surface area contributed by atoms with Crippen molar-refractivity contribution >= 4 is 29.4 Å². The topological polar surface area (TPSA) is 94.5 Å². The summed E-state index contributed by atoms with van der Waals surface area (Å²) in [6, 6.07) is 23.6. The molecule has 1 fully saturated rings. The molecule has 7 nitrogen and oxygen atoms in total. The summed E-state index contributed by atoms with van der Waals surface area (Å²) < 4.78 is 5.86. The minimum Gasteiger partial charge on any atom is -0.457 e. The number of amides is 3. The molecule has 2 N–H and O–H groups in total. The normalized spacial score (nSPS) is 16.8. The van der Waals surface area contributed by atoms with Crippen LogP contribution in [0.4, 0.5) is 16.2 Å². The Hall–Kier alpha value is -4.57. The highest BCUT2D eigenvalue weighted by atomic mass is 16.5. The van der Waals surface area contributed by atoms with Gasteiger partial charge in [-0.2, -0.15) is 5.26 Å². The number of imide groups is 1. The number of nitriles is 1. The van der Waals surface area contributed by atoms with Crippen LogP contribution in [0, 0.1) is 11.3 Å². The zero-order chi connectivity index (χ0) is 21.4. The number of anilines is 2. The molecule has 2 aliphatic rings. The highest BCUT2D eigenvalue weighted by molar-refractivity contribution is 6.12. The summed E-state index contributed by atoms with van der Waals surface area (Å²) in [4.78, 5) is 26.3. The molecule has 0 aromatic heterocycles. The van der Waals surface area contributed by atoms with Crippen molar-refractivity contribution in [3.05, 3.63) is 89.5 Å². The number of fused-ring (bicyclic) bond motifs is 2. The van der Waals surface area contributed by atoms with Crippen molar-refractivity contribution in [2.45, 2.75) is 6.17 Å². The number of benzene rings is 3. The van der Waals surface area contributed by atoms with Gasteiger partial charge in [0, 0.05) is 5.69 Å². The number of rotatable bonds is 3. The number of nitrogens with zero attached hydrogens (tertiary/aromatic N) is 2. The number of hydrogen-bond acceptors (Lipinski definition) is 5. The predicted octanol–water partition coefficient (Wildman–Crippen LogP) is 4.05. The summed E-state index contributed by atoms with van der Waals surface area (Å²) in [5.74, 6) is 0.926. The van der Waals surface area contributed by atoms with Gasteiger partial charge in [-0.3, -0.25) is 10.1 Å². The second-order valence-electron chi connectivity index (χ2n) is 7.09. The Balaban J connectivity index is 1.56. The van der Waals surface area contributed by atoms with E-state index in [2.05, 4.69) is 16.7 Å². The molecule has 3 aromatic carbocycles. The molecular weight excluding hydrogens is 392 g/mol. The Bertz CT molecular complexity index is 1260. The first-order chi connectivity index (χ1) is 15.1. The maximum atomic E-state index is 12.5. The molecule has 7 heteroatoms. The molecule has 0 spiro atoms. The highest BCUT2D eigenvalue weighted by Crippen LogP contribution is 2.39. The van der Waals surface area contributed by atoms with Gasteiger partial charge in [-0.1, -0.05) is 24.3 Å². The summed E-state index contributed by atoms with van der Waals surface area (Å²) in [6.07, 6.45) is 1.04. The lowest BCUT2D eigenvalue weighted by molar-refractivity contribution is -0.117. The van der Waals surface area contributed by atoms with E-state index in [9.17, 15) is 14.9 Å². The maximum Gasteiger partial charge on any atom is 0.323 e. The van der Waals surface area contributed by atoms with Crippen LogP contribution in [0.15, 0.2) is 78.4 Å². The maximum absolute atomic E-state index is 12.5. The molecule has 0 bridgehead atoms.